The van der Waals surface area contributed by atoms with E-state index in [2.05, 4.69) is 5.32 Å². The highest BCUT2D eigenvalue weighted by Gasteiger charge is 2.32. The summed E-state index contributed by atoms with van der Waals surface area (Å²) in [4.78, 5) is 12.6. The molecule has 1 aliphatic heterocycles. The summed E-state index contributed by atoms with van der Waals surface area (Å²) in [6, 6.07) is 14.4. The lowest BCUT2D eigenvalue weighted by molar-refractivity contribution is -0.126. The van der Waals surface area contributed by atoms with Gasteiger partial charge in [0.15, 0.2) is 0 Å². The average Bonchev–Trinajstić information content (AvgIpc) is 2.74. The van der Waals surface area contributed by atoms with E-state index in [1.54, 1.807) is 6.07 Å². The molecule has 0 aromatic heterocycles. The zero-order valence-corrected chi connectivity index (χ0v) is 17.9. The molecule has 3 rings (SSSR count). The van der Waals surface area contributed by atoms with Crippen LogP contribution in [0.25, 0.3) is 0 Å². The summed E-state index contributed by atoms with van der Waals surface area (Å²) < 4.78 is 32.2. The number of benzene rings is 2. The summed E-state index contributed by atoms with van der Waals surface area (Å²) in [5.74, 6) is 0.249. The Bertz CT molecular complexity index is 942. The molecule has 0 spiro atoms. The van der Waals surface area contributed by atoms with Crippen LogP contribution in [0.3, 0.4) is 0 Å². The highest BCUT2D eigenvalue weighted by molar-refractivity contribution is 7.89. The lowest BCUT2D eigenvalue weighted by Gasteiger charge is -2.30. The predicted molar refractivity (Wildman–Crippen MR) is 113 cm³/mol. The molecule has 0 atom stereocenters. The van der Waals surface area contributed by atoms with Crippen LogP contribution in [0.2, 0.25) is 5.02 Å². The number of hydrogen-bond acceptors (Lipinski definition) is 4. The summed E-state index contributed by atoms with van der Waals surface area (Å²) in [6.07, 6.45) is 1.78. The van der Waals surface area contributed by atoms with Gasteiger partial charge in [0.2, 0.25) is 15.9 Å². The third-order valence-corrected chi connectivity index (χ3v) is 7.33. The van der Waals surface area contributed by atoms with E-state index in [9.17, 15) is 13.2 Å². The van der Waals surface area contributed by atoms with Gasteiger partial charge >= 0.3 is 0 Å². The number of amides is 1. The monoisotopic (exact) mass is 436 g/mol. The molecule has 156 valence electrons. The van der Waals surface area contributed by atoms with Gasteiger partial charge in [-0.1, -0.05) is 41.9 Å². The number of nitrogens with one attached hydrogen (secondary N) is 1. The first kappa shape index (κ1) is 21.6. The van der Waals surface area contributed by atoms with Crippen molar-refractivity contribution < 1.29 is 17.9 Å². The first-order valence-corrected chi connectivity index (χ1v) is 11.4. The topological polar surface area (TPSA) is 75.7 Å². The van der Waals surface area contributed by atoms with Crippen molar-refractivity contribution in [2.24, 2.45) is 5.92 Å². The van der Waals surface area contributed by atoms with Gasteiger partial charge in [0.1, 0.15) is 5.75 Å². The molecular weight excluding hydrogens is 412 g/mol. The second-order valence-corrected chi connectivity index (χ2v) is 9.35. The minimum atomic E-state index is -3.65. The Morgan fingerprint density at radius 2 is 1.86 bits per heavy atom. The third kappa shape index (κ3) is 5.29. The number of halogens is 1. The Hall–Kier alpha value is -2.09. The molecule has 8 heteroatoms. The molecule has 6 nitrogen and oxygen atoms in total. The Morgan fingerprint density at radius 1 is 1.17 bits per heavy atom. The Labute approximate surface area is 176 Å². The molecule has 29 heavy (non-hydrogen) atoms. The number of carbonyl (C=O) groups excluding carboxylic acids is 1. The lowest BCUT2D eigenvalue weighted by Crippen LogP contribution is -2.43. The number of nitrogens with zero attached hydrogens (tertiary/aromatic N) is 1. The Morgan fingerprint density at radius 3 is 2.48 bits per heavy atom. The van der Waals surface area contributed by atoms with Crippen LogP contribution in [0.15, 0.2) is 53.4 Å². The molecule has 2 aromatic rings. The maximum Gasteiger partial charge on any atom is 0.243 e. The molecule has 1 N–H and O–H groups in total. The third-order valence-electron chi connectivity index (χ3n) is 5.14. The van der Waals surface area contributed by atoms with Gasteiger partial charge in [-0.3, -0.25) is 4.79 Å². The van der Waals surface area contributed by atoms with Gasteiger partial charge in [-0.15, -0.1) is 0 Å². The molecule has 0 radical (unpaired) electrons. The predicted octanol–water partition coefficient (Wildman–Crippen LogP) is 3.11. The highest BCUT2D eigenvalue weighted by Crippen LogP contribution is 2.30. The quantitative estimate of drug-likeness (QED) is 0.723. The van der Waals surface area contributed by atoms with Crippen LogP contribution in [0.4, 0.5) is 0 Å². The van der Waals surface area contributed by atoms with E-state index in [4.69, 9.17) is 16.3 Å². The van der Waals surface area contributed by atoms with Crippen LogP contribution in [-0.4, -0.2) is 45.4 Å². The normalized spacial score (nSPS) is 15.8. The van der Waals surface area contributed by atoms with Crippen LogP contribution in [0.5, 0.6) is 5.75 Å². The average molecular weight is 437 g/mol. The van der Waals surface area contributed by atoms with Crippen molar-refractivity contribution in [1.29, 1.82) is 0 Å². The van der Waals surface area contributed by atoms with Gasteiger partial charge in [0, 0.05) is 25.6 Å². The van der Waals surface area contributed by atoms with E-state index in [-0.39, 0.29) is 21.7 Å². The van der Waals surface area contributed by atoms with Gasteiger partial charge < -0.3 is 10.1 Å². The minimum Gasteiger partial charge on any atom is -0.495 e. The van der Waals surface area contributed by atoms with Gasteiger partial charge in [0.25, 0.3) is 0 Å². The summed E-state index contributed by atoms with van der Waals surface area (Å²) in [5.41, 5.74) is 1.17. The van der Waals surface area contributed by atoms with Crippen molar-refractivity contribution in [2.45, 2.75) is 24.2 Å². The van der Waals surface area contributed by atoms with Crippen molar-refractivity contribution >= 4 is 27.5 Å². The SMILES string of the molecule is COc1ccc(S(=O)(=O)N2CCC(C(=O)NCCc3ccccc3)CC2)cc1Cl. The standard InChI is InChI=1S/C21H25ClN2O4S/c1-28-20-8-7-18(15-19(20)22)29(26,27)24-13-10-17(11-14-24)21(25)23-12-9-16-5-3-2-4-6-16/h2-8,15,17H,9-14H2,1H3,(H,23,25). The van der Waals surface area contributed by atoms with Crippen molar-refractivity contribution in [1.82, 2.24) is 9.62 Å². The van der Waals surface area contributed by atoms with Crippen molar-refractivity contribution in [3.05, 3.63) is 59.1 Å². The number of hydrogen-bond donors (Lipinski definition) is 1. The summed E-state index contributed by atoms with van der Waals surface area (Å²) >= 11 is 6.07. The van der Waals surface area contributed by atoms with Gasteiger partial charge in [-0.25, -0.2) is 8.42 Å². The van der Waals surface area contributed by atoms with Crippen molar-refractivity contribution in [3.63, 3.8) is 0 Å². The van der Waals surface area contributed by atoms with E-state index < -0.39 is 10.0 Å². The molecule has 1 saturated heterocycles. The van der Waals surface area contributed by atoms with E-state index in [0.29, 0.717) is 38.2 Å². The molecule has 1 heterocycles. The highest BCUT2D eigenvalue weighted by atomic mass is 35.5. The second kappa shape index (κ2) is 9.61. The zero-order valence-electron chi connectivity index (χ0n) is 16.3. The smallest absolute Gasteiger partial charge is 0.243 e. The fraction of sp³-hybridized carbons (Fsp3) is 0.381. The zero-order chi connectivity index (χ0) is 20.9. The number of piperidine rings is 1. The molecule has 2 aromatic carbocycles. The van der Waals surface area contributed by atoms with E-state index >= 15 is 0 Å². The van der Waals surface area contributed by atoms with Crippen LogP contribution in [-0.2, 0) is 21.2 Å². The number of carbonyl (C=O) groups is 1. The largest absolute Gasteiger partial charge is 0.495 e. The van der Waals surface area contributed by atoms with Crippen LogP contribution < -0.4 is 10.1 Å². The summed E-state index contributed by atoms with van der Waals surface area (Å²) in [7, 11) is -2.17. The fourth-order valence-electron chi connectivity index (χ4n) is 3.43. The molecule has 0 aliphatic carbocycles. The molecule has 0 unspecified atom stereocenters. The van der Waals surface area contributed by atoms with Gasteiger partial charge in [-0.05, 0) is 43.0 Å². The van der Waals surface area contributed by atoms with Crippen LogP contribution in [0, 0.1) is 5.92 Å². The van der Waals surface area contributed by atoms with E-state index in [1.165, 1.54) is 29.1 Å². The molecule has 0 bridgehead atoms. The van der Waals surface area contributed by atoms with Crippen LogP contribution >= 0.6 is 11.6 Å². The Balaban J connectivity index is 1.52. The summed E-state index contributed by atoms with van der Waals surface area (Å²) in [6.45, 7) is 1.19. The summed E-state index contributed by atoms with van der Waals surface area (Å²) in [5, 5.41) is 3.22. The number of rotatable bonds is 7. The molecule has 0 saturated carbocycles. The minimum absolute atomic E-state index is 0.00882. The van der Waals surface area contributed by atoms with Gasteiger partial charge in [-0.2, -0.15) is 4.31 Å². The maximum absolute atomic E-state index is 12.9. The fourth-order valence-corrected chi connectivity index (χ4v) is 5.25. The number of methoxy groups -OCH3 is 1. The van der Waals surface area contributed by atoms with Gasteiger partial charge in [0.05, 0.1) is 17.0 Å². The lowest BCUT2D eigenvalue weighted by atomic mass is 9.97. The van der Waals surface area contributed by atoms with Crippen molar-refractivity contribution in [3.8, 4) is 5.75 Å². The van der Waals surface area contributed by atoms with Crippen molar-refractivity contribution in [2.75, 3.05) is 26.7 Å². The van der Waals surface area contributed by atoms with Crippen LogP contribution in [0.1, 0.15) is 18.4 Å². The molecule has 1 aliphatic rings. The maximum atomic E-state index is 12.9. The molecular formula is C21H25ClN2O4S. The first-order chi connectivity index (χ1) is 13.9. The molecule has 1 amide bonds. The number of ether oxygens (including phenoxy) is 1. The molecule has 1 fully saturated rings. The first-order valence-electron chi connectivity index (χ1n) is 9.57. The number of sulfonamides is 1. The Kier molecular flexibility index (Phi) is 7.16. The second-order valence-electron chi connectivity index (χ2n) is 7.00. The van der Waals surface area contributed by atoms with E-state index in [0.717, 1.165) is 6.42 Å². The van der Waals surface area contributed by atoms with E-state index in [1.807, 2.05) is 30.3 Å².